The number of rotatable bonds is 10. The summed E-state index contributed by atoms with van der Waals surface area (Å²) in [5.41, 5.74) is 10.8. The van der Waals surface area contributed by atoms with E-state index in [9.17, 15) is 0 Å². The van der Waals surface area contributed by atoms with Crippen LogP contribution in [0.25, 0.3) is 0 Å². The fraction of sp³-hybridized carbons (Fsp3) is 1.00. The molecule has 10 heteroatoms. The van der Waals surface area contributed by atoms with Crippen LogP contribution in [0.2, 0.25) is 0 Å². The van der Waals surface area contributed by atoms with E-state index in [-0.39, 0.29) is 61.4 Å². The Morgan fingerprint density at radius 1 is 0.955 bits per heavy atom. The van der Waals surface area contributed by atoms with Crippen molar-refractivity contribution >= 4 is 48.0 Å². The molecule has 6 N–H and O–H groups in total. The summed E-state index contributed by atoms with van der Waals surface area (Å²) in [6, 6.07) is 0.0464. The highest BCUT2D eigenvalue weighted by Crippen LogP contribution is 1.94. The third kappa shape index (κ3) is 29.0. The third-order valence-electron chi connectivity index (χ3n) is 1.75. The Morgan fingerprint density at radius 3 is 1.68 bits per heavy atom. The summed E-state index contributed by atoms with van der Waals surface area (Å²) in [4.78, 5) is 0. The van der Waals surface area contributed by atoms with Gasteiger partial charge in [-0.25, -0.2) is 0 Å². The van der Waals surface area contributed by atoms with Gasteiger partial charge in [0.25, 0.3) is 0 Å². The van der Waals surface area contributed by atoms with E-state index in [1.807, 2.05) is 13.8 Å². The Hall–Kier alpha value is 0.920. The molecule has 0 aromatic rings. The van der Waals surface area contributed by atoms with Crippen LogP contribution in [0.4, 0.5) is 0 Å². The van der Waals surface area contributed by atoms with Crippen molar-refractivity contribution in [3.8, 4) is 0 Å². The van der Waals surface area contributed by atoms with Gasteiger partial charge in [-0.05, 0) is 13.8 Å². The second-order valence-corrected chi connectivity index (χ2v) is 5.54. The minimum absolute atomic E-state index is 0. The molecule has 0 aliphatic carbocycles. The van der Waals surface area contributed by atoms with Gasteiger partial charge in [0, 0.05) is 12.1 Å². The monoisotopic (exact) mass is 406 g/mol. The number of nitrogens with two attached hydrogens (primary N) is 2. The SMILES string of the molecule is C[C@@H](N)COCC(Cl)CO.C[C@@H](N)COCC(O)CCl.Cl.Cl. The van der Waals surface area contributed by atoms with Crippen LogP contribution in [0.15, 0.2) is 0 Å². The van der Waals surface area contributed by atoms with Crippen molar-refractivity contribution in [3.05, 3.63) is 0 Å². The third-order valence-corrected chi connectivity index (χ3v) is 2.37. The molecule has 2 unspecified atom stereocenters. The van der Waals surface area contributed by atoms with Gasteiger partial charge in [0.05, 0.1) is 50.4 Å². The quantitative estimate of drug-likeness (QED) is 0.397. The number of alkyl halides is 2. The van der Waals surface area contributed by atoms with E-state index in [4.69, 9.17) is 54.4 Å². The molecule has 0 aliphatic heterocycles. The predicted octanol–water partition coefficient (Wildman–Crippen LogP) is 0.743. The molecule has 0 bridgehead atoms. The number of aliphatic hydroxyl groups is 2. The molecule has 0 aromatic heterocycles. The largest absolute Gasteiger partial charge is 0.395 e. The Morgan fingerprint density at radius 2 is 1.36 bits per heavy atom. The van der Waals surface area contributed by atoms with E-state index in [1.54, 1.807) is 0 Å². The molecule has 0 fully saturated rings. The molecule has 0 saturated heterocycles. The molecule has 22 heavy (non-hydrogen) atoms. The molecule has 0 saturated carbocycles. The summed E-state index contributed by atoms with van der Waals surface area (Å²) in [7, 11) is 0. The normalized spacial score (nSPS) is 15.3. The van der Waals surface area contributed by atoms with E-state index >= 15 is 0 Å². The maximum atomic E-state index is 8.87. The van der Waals surface area contributed by atoms with E-state index in [0.717, 1.165) is 0 Å². The topological polar surface area (TPSA) is 111 Å². The summed E-state index contributed by atoms with van der Waals surface area (Å²) in [5, 5.41) is 17.0. The lowest BCUT2D eigenvalue weighted by Crippen LogP contribution is -2.25. The minimum Gasteiger partial charge on any atom is -0.395 e. The van der Waals surface area contributed by atoms with Crippen LogP contribution in [0.1, 0.15) is 13.8 Å². The first-order valence-electron chi connectivity index (χ1n) is 6.49. The van der Waals surface area contributed by atoms with Crippen LogP contribution in [0.3, 0.4) is 0 Å². The van der Waals surface area contributed by atoms with E-state index in [1.165, 1.54) is 0 Å². The van der Waals surface area contributed by atoms with E-state index < -0.39 is 6.10 Å². The second kappa shape index (κ2) is 21.9. The summed E-state index contributed by atoms with van der Waals surface area (Å²) < 4.78 is 10.0. The molecular formula is C12H30Cl4N2O4. The predicted molar refractivity (Wildman–Crippen MR) is 96.9 cm³/mol. The summed E-state index contributed by atoms with van der Waals surface area (Å²) in [6.07, 6.45) is -0.569. The van der Waals surface area contributed by atoms with Gasteiger partial charge in [-0.1, -0.05) is 0 Å². The van der Waals surface area contributed by atoms with Crippen molar-refractivity contribution in [1.82, 2.24) is 0 Å². The van der Waals surface area contributed by atoms with E-state index in [0.29, 0.717) is 19.8 Å². The van der Waals surface area contributed by atoms with Gasteiger partial charge in [0.2, 0.25) is 0 Å². The smallest absolute Gasteiger partial charge is 0.0908 e. The summed E-state index contributed by atoms with van der Waals surface area (Å²) >= 11 is 10.8. The molecule has 0 heterocycles. The maximum Gasteiger partial charge on any atom is 0.0908 e. The first-order chi connectivity index (χ1) is 9.33. The molecule has 0 aromatic carbocycles. The summed E-state index contributed by atoms with van der Waals surface area (Å²) in [6.45, 7) is 5.22. The molecule has 0 spiro atoms. The molecule has 0 rings (SSSR count). The molecule has 0 radical (unpaired) electrons. The van der Waals surface area contributed by atoms with Gasteiger partial charge >= 0.3 is 0 Å². The van der Waals surface area contributed by atoms with Crippen molar-refractivity contribution in [3.63, 3.8) is 0 Å². The van der Waals surface area contributed by atoms with Crippen LogP contribution in [-0.4, -0.2) is 72.7 Å². The Balaban J connectivity index is -0.000000135. The van der Waals surface area contributed by atoms with Crippen LogP contribution in [-0.2, 0) is 9.47 Å². The van der Waals surface area contributed by atoms with Crippen molar-refractivity contribution in [2.75, 3.05) is 38.9 Å². The van der Waals surface area contributed by atoms with Gasteiger partial charge in [0.15, 0.2) is 0 Å². The van der Waals surface area contributed by atoms with Gasteiger partial charge in [-0.3, -0.25) is 0 Å². The highest BCUT2D eigenvalue weighted by atomic mass is 35.5. The molecular weight excluding hydrogens is 378 g/mol. The Kier molecular flexibility index (Phi) is 30.7. The maximum absolute atomic E-state index is 8.87. The Labute approximate surface area is 155 Å². The standard InChI is InChI=1S/2C6H14ClNO2.2ClH/c1-5(8)3-10-4-6(7)2-9;1-5(8)3-10-4-6(9)2-7;;/h2*5-6,9H,2-4,8H2,1H3;2*1H/t2*5-,6?;;/m11../s1. The van der Waals surface area contributed by atoms with Gasteiger partial charge in [0.1, 0.15) is 0 Å². The van der Waals surface area contributed by atoms with Crippen molar-refractivity contribution in [2.45, 2.75) is 37.4 Å². The lowest BCUT2D eigenvalue weighted by atomic mass is 10.4. The highest BCUT2D eigenvalue weighted by Gasteiger charge is 2.02. The van der Waals surface area contributed by atoms with Crippen molar-refractivity contribution < 1.29 is 19.7 Å². The molecule has 0 aliphatic rings. The average Bonchev–Trinajstić information content (AvgIpc) is 2.38. The minimum atomic E-state index is -0.569. The number of halogens is 4. The average molecular weight is 408 g/mol. The van der Waals surface area contributed by atoms with Crippen molar-refractivity contribution in [2.24, 2.45) is 11.5 Å². The first-order valence-corrected chi connectivity index (χ1v) is 7.46. The van der Waals surface area contributed by atoms with Crippen LogP contribution < -0.4 is 11.5 Å². The zero-order valence-electron chi connectivity index (χ0n) is 13.0. The van der Waals surface area contributed by atoms with Crippen molar-refractivity contribution in [1.29, 1.82) is 0 Å². The van der Waals surface area contributed by atoms with Crippen LogP contribution in [0.5, 0.6) is 0 Å². The lowest BCUT2D eigenvalue weighted by molar-refractivity contribution is 0.0435. The molecule has 4 atom stereocenters. The number of hydrogen-bond acceptors (Lipinski definition) is 6. The lowest BCUT2D eigenvalue weighted by Gasteiger charge is -2.09. The zero-order chi connectivity index (χ0) is 16.0. The highest BCUT2D eigenvalue weighted by molar-refractivity contribution is 6.20. The van der Waals surface area contributed by atoms with Gasteiger partial charge in [-0.15, -0.1) is 48.0 Å². The van der Waals surface area contributed by atoms with Gasteiger partial charge < -0.3 is 31.2 Å². The number of ether oxygens (including phenoxy) is 2. The first kappa shape index (κ1) is 30.8. The number of aliphatic hydroxyl groups excluding tert-OH is 2. The van der Waals surface area contributed by atoms with Crippen LogP contribution >= 0.6 is 48.0 Å². The second-order valence-electron chi connectivity index (χ2n) is 4.62. The number of hydrogen-bond donors (Lipinski definition) is 4. The fourth-order valence-electron chi connectivity index (χ4n) is 0.869. The van der Waals surface area contributed by atoms with Crippen LogP contribution in [0, 0.1) is 0 Å². The van der Waals surface area contributed by atoms with E-state index in [2.05, 4.69) is 0 Å². The zero-order valence-corrected chi connectivity index (χ0v) is 16.1. The fourth-order valence-corrected chi connectivity index (χ4v) is 1.05. The molecule has 6 nitrogen and oxygen atoms in total. The summed E-state index contributed by atoms with van der Waals surface area (Å²) in [5.74, 6) is 0.207. The Bertz CT molecular complexity index is 186. The van der Waals surface area contributed by atoms with Gasteiger partial charge in [-0.2, -0.15) is 0 Å². The molecule has 0 amide bonds. The molecule has 140 valence electrons.